The number of carbonyl (C=O) groups excluding carboxylic acids is 1. The van der Waals surface area contributed by atoms with Gasteiger partial charge >= 0.3 is 5.97 Å². The average Bonchev–Trinajstić information content (AvgIpc) is 2.61. The number of nitrogens with zero attached hydrogens (tertiary/aromatic N) is 2. The number of amides is 1. The molecule has 1 aromatic rings. The normalized spacial score (nSPS) is 13.1. The van der Waals surface area contributed by atoms with Crippen LogP contribution >= 0.6 is 0 Å². The zero-order valence-electron chi connectivity index (χ0n) is 11.8. The maximum Gasteiger partial charge on any atom is 0.316 e. The van der Waals surface area contributed by atoms with Gasteiger partial charge < -0.3 is 10.4 Å². The Morgan fingerprint density at radius 3 is 2.53 bits per heavy atom. The molecule has 19 heavy (non-hydrogen) atoms. The molecular weight excluding hydrogens is 246 g/mol. The van der Waals surface area contributed by atoms with E-state index in [4.69, 9.17) is 5.11 Å². The third kappa shape index (κ3) is 4.39. The molecule has 1 heterocycles. The number of aromatic nitrogens is 2. The van der Waals surface area contributed by atoms with Gasteiger partial charge in [-0.1, -0.05) is 20.8 Å². The molecule has 1 rings (SSSR count). The number of hydrogen-bond donors (Lipinski definition) is 2. The van der Waals surface area contributed by atoms with E-state index in [9.17, 15) is 9.59 Å². The Morgan fingerprint density at radius 1 is 1.47 bits per heavy atom. The van der Waals surface area contributed by atoms with Crippen molar-refractivity contribution < 1.29 is 14.7 Å². The Labute approximate surface area is 112 Å². The summed E-state index contributed by atoms with van der Waals surface area (Å²) in [5, 5.41) is 15.8. The fraction of sp³-hybridized carbons (Fsp3) is 0.615. The first-order valence-corrected chi connectivity index (χ1v) is 6.20. The van der Waals surface area contributed by atoms with Gasteiger partial charge in [-0.3, -0.25) is 14.3 Å². The smallest absolute Gasteiger partial charge is 0.316 e. The summed E-state index contributed by atoms with van der Waals surface area (Å²) in [4.78, 5) is 23.1. The van der Waals surface area contributed by atoms with Crippen molar-refractivity contribution in [3.05, 3.63) is 18.0 Å². The number of rotatable bonds is 5. The van der Waals surface area contributed by atoms with Crippen LogP contribution in [-0.2, 0) is 23.1 Å². The van der Waals surface area contributed by atoms with Crippen molar-refractivity contribution in [2.45, 2.75) is 27.2 Å². The fourth-order valence-corrected chi connectivity index (χ4v) is 1.91. The molecule has 106 valence electrons. The highest BCUT2D eigenvalue weighted by Crippen LogP contribution is 2.26. The van der Waals surface area contributed by atoms with E-state index in [1.54, 1.807) is 31.6 Å². The van der Waals surface area contributed by atoms with Crippen LogP contribution in [0.15, 0.2) is 12.4 Å². The molecule has 1 amide bonds. The Balaban J connectivity index is 2.52. The van der Waals surface area contributed by atoms with Gasteiger partial charge in [-0.25, -0.2) is 0 Å². The Morgan fingerprint density at radius 2 is 2.11 bits per heavy atom. The van der Waals surface area contributed by atoms with Gasteiger partial charge in [0.1, 0.15) is 5.92 Å². The van der Waals surface area contributed by atoms with Crippen LogP contribution in [0.5, 0.6) is 0 Å². The third-order valence-corrected chi connectivity index (χ3v) is 2.85. The standard InChI is InChI=1S/C13H21N3O3/c1-13(2,3)10(12(18)19)11(17)14-6-5-9-7-15-16(4)8-9/h7-8,10H,5-6H2,1-4H3,(H,14,17)(H,18,19). The lowest BCUT2D eigenvalue weighted by Gasteiger charge is -2.25. The molecule has 0 fully saturated rings. The summed E-state index contributed by atoms with van der Waals surface area (Å²) < 4.78 is 1.69. The summed E-state index contributed by atoms with van der Waals surface area (Å²) in [7, 11) is 1.82. The number of carbonyl (C=O) groups is 2. The minimum absolute atomic E-state index is 0.407. The van der Waals surface area contributed by atoms with Gasteiger partial charge in [0.05, 0.1) is 6.20 Å². The first-order valence-electron chi connectivity index (χ1n) is 6.20. The maximum absolute atomic E-state index is 11.9. The van der Waals surface area contributed by atoms with Gasteiger partial charge in [0.25, 0.3) is 0 Å². The Hall–Kier alpha value is -1.85. The molecule has 1 unspecified atom stereocenters. The largest absolute Gasteiger partial charge is 0.481 e. The van der Waals surface area contributed by atoms with Crippen LogP contribution in [0.1, 0.15) is 26.3 Å². The van der Waals surface area contributed by atoms with Crippen LogP contribution in [0.3, 0.4) is 0 Å². The molecule has 0 aromatic carbocycles. The van der Waals surface area contributed by atoms with Crippen LogP contribution in [0, 0.1) is 11.3 Å². The molecule has 0 aliphatic carbocycles. The maximum atomic E-state index is 11.9. The van der Waals surface area contributed by atoms with E-state index in [0.29, 0.717) is 13.0 Å². The van der Waals surface area contributed by atoms with Crippen molar-refractivity contribution in [3.8, 4) is 0 Å². The Bertz CT molecular complexity index is 460. The molecule has 0 radical (unpaired) electrons. The number of aliphatic carboxylic acids is 1. The van der Waals surface area contributed by atoms with Gasteiger partial charge in [-0.2, -0.15) is 5.10 Å². The lowest BCUT2D eigenvalue weighted by atomic mass is 9.80. The molecule has 1 atom stereocenters. The molecule has 6 nitrogen and oxygen atoms in total. The number of hydrogen-bond acceptors (Lipinski definition) is 3. The number of nitrogens with one attached hydrogen (secondary N) is 1. The SMILES string of the molecule is Cn1cc(CCNC(=O)C(C(=O)O)C(C)(C)C)cn1. The highest BCUT2D eigenvalue weighted by Gasteiger charge is 2.37. The van der Waals surface area contributed by atoms with E-state index in [-0.39, 0.29) is 0 Å². The van der Waals surface area contributed by atoms with Gasteiger partial charge in [0.15, 0.2) is 0 Å². The number of aryl methyl sites for hydroxylation is 1. The summed E-state index contributed by atoms with van der Waals surface area (Å²) in [6.07, 6.45) is 4.23. The molecule has 0 aliphatic heterocycles. The quantitative estimate of drug-likeness (QED) is 0.774. The fourth-order valence-electron chi connectivity index (χ4n) is 1.91. The van der Waals surface area contributed by atoms with Crippen LogP contribution in [0.25, 0.3) is 0 Å². The molecular formula is C13H21N3O3. The first-order chi connectivity index (χ1) is 8.71. The van der Waals surface area contributed by atoms with Gasteiger partial charge in [0, 0.05) is 19.8 Å². The highest BCUT2D eigenvalue weighted by molar-refractivity contribution is 5.97. The van der Waals surface area contributed by atoms with Gasteiger partial charge in [-0.05, 0) is 17.4 Å². The molecule has 2 N–H and O–H groups in total. The van der Waals surface area contributed by atoms with Crippen molar-refractivity contribution in [1.82, 2.24) is 15.1 Å². The number of carboxylic acids is 1. The van der Waals surface area contributed by atoms with Crippen molar-refractivity contribution in [2.24, 2.45) is 18.4 Å². The molecule has 0 saturated carbocycles. The van der Waals surface area contributed by atoms with Crippen molar-refractivity contribution in [1.29, 1.82) is 0 Å². The van der Waals surface area contributed by atoms with E-state index >= 15 is 0 Å². The molecule has 1 aromatic heterocycles. The van der Waals surface area contributed by atoms with Crippen LogP contribution < -0.4 is 5.32 Å². The zero-order valence-corrected chi connectivity index (χ0v) is 11.8. The highest BCUT2D eigenvalue weighted by atomic mass is 16.4. The predicted octanol–water partition coefficient (Wildman–Crippen LogP) is 0.826. The minimum atomic E-state index is -1.09. The van der Waals surface area contributed by atoms with E-state index in [1.165, 1.54) is 0 Å². The lowest BCUT2D eigenvalue weighted by Crippen LogP contribution is -2.43. The summed E-state index contributed by atoms with van der Waals surface area (Å²) in [6.45, 7) is 5.63. The van der Waals surface area contributed by atoms with E-state index < -0.39 is 23.2 Å². The van der Waals surface area contributed by atoms with Gasteiger partial charge in [-0.15, -0.1) is 0 Å². The second kappa shape index (κ2) is 5.86. The van der Waals surface area contributed by atoms with Gasteiger partial charge in [0.2, 0.25) is 5.91 Å². The van der Waals surface area contributed by atoms with E-state index in [2.05, 4.69) is 10.4 Å². The monoisotopic (exact) mass is 267 g/mol. The summed E-state index contributed by atoms with van der Waals surface area (Å²) in [6, 6.07) is 0. The molecule has 6 heteroatoms. The predicted molar refractivity (Wildman–Crippen MR) is 70.5 cm³/mol. The molecule has 0 spiro atoms. The van der Waals surface area contributed by atoms with Crippen LogP contribution in [0.2, 0.25) is 0 Å². The molecule has 0 aliphatic rings. The van der Waals surface area contributed by atoms with E-state index in [0.717, 1.165) is 5.56 Å². The van der Waals surface area contributed by atoms with Crippen molar-refractivity contribution >= 4 is 11.9 Å². The second-order valence-corrected chi connectivity index (χ2v) is 5.70. The lowest BCUT2D eigenvalue weighted by molar-refractivity contribution is -0.151. The summed E-state index contributed by atoms with van der Waals surface area (Å²) in [5.74, 6) is -2.57. The van der Waals surface area contributed by atoms with Crippen molar-refractivity contribution in [2.75, 3.05) is 6.54 Å². The topological polar surface area (TPSA) is 84.2 Å². The van der Waals surface area contributed by atoms with Crippen LogP contribution in [-0.4, -0.2) is 33.3 Å². The van der Waals surface area contributed by atoms with Crippen molar-refractivity contribution in [3.63, 3.8) is 0 Å². The number of carboxylic acid groups (broad SMARTS) is 1. The van der Waals surface area contributed by atoms with Crippen LogP contribution in [0.4, 0.5) is 0 Å². The second-order valence-electron chi connectivity index (χ2n) is 5.70. The minimum Gasteiger partial charge on any atom is -0.481 e. The first kappa shape index (κ1) is 15.2. The Kier molecular flexibility index (Phi) is 4.69. The molecule has 0 bridgehead atoms. The summed E-state index contributed by atoms with van der Waals surface area (Å²) in [5.41, 5.74) is 0.398. The third-order valence-electron chi connectivity index (χ3n) is 2.85. The van der Waals surface area contributed by atoms with E-state index in [1.807, 2.05) is 13.2 Å². The summed E-state index contributed by atoms with van der Waals surface area (Å²) >= 11 is 0. The average molecular weight is 267 g/mol. The molecule has 0 saturated heterocycles. The zero-order chi connectivity index (χ0) is 14.6.